The van der Waals surface area contributed by atoms with E-state index in [2.05, 4.69) is 15.3 Å². The molecule has 0 fully saturated rings. The van der Waals surface area contributed by atoms with Crippen LogP contribution in [0.4, 0.5) is 5.69 Å². The molecule has 1 amide bonds. The summed E-state index contributed by atoms with van der Waals surface area (Å²) in [6.45, 7) is 1.88. The minimum absolute atomic E-state index is 0.149. The van der Waals surface area contributed by atoms with Crippen molar-refractivity contribution in [2.75, 3.05) is 5.32 Å². The molecule has 0 unspecified atom stereocenters. The first-order valence-electron chi connectivity index (χ1n) is 5.81. The summed E-state index contributed by atoms with van der Waals surface area (Å²) in [4.78, 5) is 21.1. The van der Waals surface area contributed by atoms with E-state index in [4.69, 9.17) is 0 Å². The van der Waals surface area contributed by atoms with Crippen molar-refractivity contribution in [3.8, 4) is 0 Å². The maximum atomic E-state index is 12.1. The fourth-order valence-electron chi connectivity index (χ4n) is 1.86. The van der Waals surface area contributed by atoms with Crippen LogP contribution in [0, 0.1) is 6.92 Å². The number of amides is 1. The van der Waals surface area contributed by atoms with Crippen LogP contribution < -0.4 is 5.32 Å². The average Bonchev–Trinajstić information content (AvgIpc) is 2.86. The van der Waals surface area contributed by atoms with E-state index in [1.807, 2.05) is 37.3 Å². The quantitative estimate of drug-likeness (QED) is 0.777. The van der Waals surface area contributed by atoms with Crippen LogP contribution in [0.1, 0.15) is 14.7 Å². The molecule has 0 bridgehead atoms. The molecule has 0 aliphatic rings. The van der Waals surface area contributed by atoms with Gasteiger partial charge in [-0.15, -0.1) is 11.3 Å². The van der Waals surface area contributed by atoms with E-state index in [1.165, 1.54) is 11.3 Å². The molecule has 5 heteroatoms. The van der Waals surface area contributed by atoms with Crippen molar-refractivity contribution in [3.63, 3.8) is 0 Å². The van der Waals surface area contributed by atoms with Crippen molar-refractivity contribution in [2.45, 2.75) is 6.92 Å². The minimum Gasteiger partial charge on any atom is -0.319 e. The average molecular weight is 269 g/mol. The molecule has 2 heterocycles. The van der Waals surface area contributed by atoms with Gasteiger partial charge < -0.3 is 5.32 Å². The molecule has 0 saturated carbocycles. The van der Waals surface area contributed by atoms with Gasteiger partial charge >= 0.3 is 0 Å². The summed E-state index contributed by atoms with van der Waals surface area (Å²) in [5.74, 6) is -0.149. The van der Waals surface area contributed by atoms with Crippen LogP contribution in [0.5, 0.6) is 0 Å². The normalized spacial score (nSPS) is 10.6. The van der Waals surface area contributed by atoms with Crippen molar-refractivity contribution in [1.29, 1.82) is 0 Å². The predicted octanol–water partition coefficient (Wildman–Crippen LogP) is 3.25. The van der Waals surface area contributed by atoms with Gasteiger partial charge in [-0.25, -0.2) is 4.98 Å². The molecule has 1 N–H and O–H groups in total. The number of hydrogen-bond acceptors (Lipinski definition) is 4. The molecule has 0 saturated heterocycles. The number of hydrogen-bond donors (Lipinski definition) is 1. The molecule has 2 aromatic heterocycles. The summed E-state index contributed by atoms with van der Waals surface area (Å²) in [7, 11) is 0. The van der Waals surface area contributed by atoms with Gasteiger partial charge in [0.15, 0.2) is 0 Å². The zero-order valence-electron chi connectivity index (χ0n) is 10.3. The molecule has 0 radical (unpaired) electrons. The Labute approximate surface area is 114 Å². The molecular weight excluding hydrogens is 258 g/mol. The van der Waals surface area contributed by atoms with E-state index < -0.39 is 0 Å². The number of anilines is 1. The molecular formula is C14H11N3OS. The van der Waals surface area contributed by atoms with Crippen molar-refractivity contribution in [2.24, 2.45) is 0 Å². The van der Waals surface area contributed by atoms with Crippen LogP contribution in [0.15, 0.2) is 42.7 Å². The second-order valence-corrected chi connectivity index (χ2v) is 5.31. The summed E-state index contributed by atoms with van der Waals surface area (Å²) in [5.41, 5.74) is 1.51. The van der Waals surface area contributed by atoms with E-state index in [9.17, 15) is 4.79 Å². The van der Waals surface area contributed by atoms with Crippen molar-refractivity contribution < 1.29 is 4.79 Å². The molecule has 4 nitrogen and oxygen atoms in total. The van der Waals surface area contributed by atoms with Gasteiger partial charge in [-0.3, -0.25) is 9.78 Å². The van der Waals surface area contributed by atoms with Gasteiger partial charge in [-0.1, -0.05) is 18.2 Å². The Bertz CT molecular complexity index is 746. The molecule has 0 aliphatic carbocycles. The number of para-hydroxylation sites is 1. The van der Waals surface area contributed by atoms with Gasteiger partial charge in [0.2, 0.25) is 0 Å². The monoisotopic (exact) mass is 269 g/mol. The van der Waals surface area contributed by atoms with Crippen LogP contribution in [-0.2, 0) is 0 Å². The Morgan fingerprint density at radius 1 is 1.21 bits per heavy atom. The highest BCUT2D eigenvalue weighted by atomic mass is 32.1. The van der Waals surface area contributed by atoms with E-state index >= 15 is 0 Å². The number of fused-ring (bicyclic) bond motifs is 1. The maximum absolute atomic E-state index is 12.1. The van der Waals surface area contributed by atoms with Gasteiger partial charge in [0.05, 0.1) is 22.4 Å². The second-order valence-electron chi connectivity index (χ2n) is 4.08. The molecule has 1 aromatic carbocycles. The first kappa shape index (κ1) is 11.8. The number of benzene rings is 1. The number of rotatable bonds is 2. The third-order valence-electron chi connectivity index (χ3n) is 2.73. The van der Waals surface area contributed by atoms with Gasteiger partial charge in [-0.05, 0) is 19.1 Å². The zero-order chi connectivity index (χ0) is 13.2. The molecule has 0 atom stereocenters. The van der Waals surface area contributed by atoms with Crippen molar-refractivity contribution in [3.05, 3.63) is 52.6 Å². The first-order valence-corrected chi connectivity index (χ1v) is 6.63. The second kappa shape index (κ2) is 4.78. The molecule has 0 spiro atoms. The number of nitrogens with zero attached hydrogens (tertiary/aromatic N) is 2. The molecule has 3 aromatic rings. The van der Waals surface area contributed by atoms with Crippen LogP contribution in [0.3, 0.4) is 0 Å². The summed E-state index contributed by atoms with van der Waals surface area (Å²) < 4.78 is 0. The topological polar surface area (TPSA) is 54.9 Å². The van der Waals surface area contributed by atoms with Gasteiger partial charge in [0, 0.05) is 11.6 Å². The van der Waals surface area contributed by atoms with E-state index in [1.54, 1.807) is 12.4 Å². The SMILES string of the molecule is Cc1ncc(C(=O)Nc2cccc3cccnc23)s1. The van der Waals surface area contributed by atoms with Gasteiger partial charge in [0.25, 0.3) is 5.91 Å². The number of nitrogens with one attached hydrogen (secondary N) is 1. The van der Waals surface area contributed by atoms with Crippen LogP contribution in [0.2, 0.25) is 0 Å². The Hall–Kier alpha value is -2.27. The highest BCUT2D eigenvalue weighted by Crippen LogP contribution is 2.22. The Morgan fingerprint density at radius 2 is 2.05 bits per heavy atom. The van der Waals surface area contributed by atoms with Crippen LogP contribution >= 0.6 is 11.3 Å². The fourth-order valence-corrected chi connectivity index (χ4v) is 2.53. The fraction of sp³-hybridized carbons (Fsp3) is 0.0714. The number of aromatic nitrogens is 2. The number of carbonyl (C=O) groups excluding carboxylic acids is 1. The Morgan fingerprint density at radius 3 is 2.84 bits per heavy atom. The molecule has 19 heavy (non-hydrogen) atoms. The van der Waals surface area contributed by atoms with E-state index in [-0.39, 0.29) is 5.91 Å². The van der Waals surface area contributed by atoms with Gasteiger partial charge in [-0.2, -0.15) is 0 Å². The van der Waals surface area contributed by atoms with Crippen LogP contribution in [-0.4, -0.2) is 15.9 Å². The first-order chi connectivity index (χ1) is 9.24. The van der Waals surface area contributed by atoms with E-state index in [0.29, 0.717) is 10.6 Å². The van der Waals surface area contributed by atoms with Crippen molar-refractivity contribution >= 4 is 33.8 Å². The van der Waals surface area contributed by atoms with Crippen molar-refractivity contribution in [1.82, 2.24) is 9.97 Å². The highest BCUT2D eigenvalue weighted by Gasteiger charge is 2.11. The third kappa shape index (κ3) is 2.32. The number of thiazole rings is 1. The lowest BCUT2D eigenvalue weighted by Crippen LogP contribution is -2.10. The minimum atomic E-state index is -0.149. The number of aryl methyl sites for hydroxylation is 1. The third-order valence-corrected chi connectivity index (χ3v) is 3.64. The smallest absolute Gasteiger partial charge is 0.267 e. The summed E-state index contributed by atoms with van der Waals surface area (Å²) in [5, 5.41) is 4.76. The number of pyridine rings is 1. The Balaban J connectivity index is 1.95. The lowest BCUT2D eigenvalue weighted by molar-refractivity contribution is 0.103. The standard InChI is InChI=1S/C14H11N3OS/c1-9-16-8-12(19-9)14(18)17-11-6-2-4-10-5-3-7-15-13(10)11/h2-8H,1H3,(H,17,18). The molecule has 3 rings (SSSR count). The van der Waals surface area contributed by atoms with Gasteiger partial charge in [0.1, 0.15) is 4.88 Å². The van der Waals surface area contributed by atoms with Crippen LogP contribution in [0.25, 0.3) is 10.9 Å². The maximum Gasteiger partial charge on any atom is 0.267 e. The zero-order valence-corrected chi connectivity index (χ0v) is 11.1. The highest BCUT2D eigenvalue weighted by molar-refractivity contribution is 7.13. The lowest BCUT2D eigenvalue weighted by Gasteiger charge is -2.06. The molecule has 0 aliphatic heterocycles. The summed E-state index contributed by atoms with van der Waals surface area (Å²) in [6.07, 6.45) is 3.31. The largest absolute Gasteiger partial charge is 0.319 e. The number of carbonyl (C=O) groups is 1. The summed E-state index contributed by atoms with van der Waals surface area (Å²) >= 11 is 1.38. The predicted molar refractivity (Wildman–Crippen MR) is 76.5 cm³/mol. The van der Waals surface area contributed by atoms with E-state index in [0.717, 1.165) is 15.9 Å². The Kier molecular flexibility index (Phi) is 2.97. The molecule has 94 valence electrons. The summed E-state index contributed by atoms with van der Waals surface area (Å²) in [6, 6.07) is 9.56. The lowest BCUT2D eigenvalue weighted by atomic mass is 10.2.